The van der Waals surface area contributed by atoms with Gasteiger partial charge in [-0.25, -0.2) is 4.98 Å². The molecular weight excluding hydrogens is 368 g/mol. The van der Waals surface area contributed by atoms with Gasteiger partial charge in [0.2, 0.25) is 5.91 Å². The van der Waals surface area contributed by atoms with Crippen LogP contribution in [0.5, 0.6) is 0 Å². The van der Waals surface area contributed by atoms with Crippen molar-refractivity contribution in [2.45, 2.75) is 18.9 Å². The smallest absolute Gasteiger partial charge is 0.231 e. The number of aromatic nitrogens is 1. The molecule has 0 radical (unpaired) electrons. The molecule has 3 aromatic rings. The molecule has 1 fully saturated rings. The van der Waals surface area contributed by atoms with Crippen LogP contribution in [0.25, 0.3) is 21.2 Å². The third-order valence-electron chi connectivity index (χ3n) is 4.83. The Labute approximate surface area is 160 Å². The lowest BCUT2D eigenvalue weighted by atomic mass is 9.84. The van der Waals surface area contributed by atoms with E-state index in [2.05, 4.69) is 33.9 Å². The van der Waals surface area contributed by atoms with Crippen molar-refractivity contribution in [3.63, 3.8) is 0 Å². The SMILES string of the molecule is CN1C(=N)N[C@](C)(c2cc(-c3ccnc(Cl)c3)c3sccc3c2)CC1=O. The Morgan fingerprint density at radius 2 is 2.15 bits per heavy atom. The number of pyridine rings is 1. The number of fused-ring (bicyclic) bond motifs is 1. The van der Waals surface area contributed by atoms with Gasteiger partial charge in [-0.3, -0.25) is 15.1 Å². The van der Waals surface area contributed by atoms with Gasteiger partial charge in [-0.05, 0) is 59.1 Å². The molecule has 1 aliphatic heterocycles. The van der Waals surface area contributed by atoms with E-state index >= 15 is 0 Å². The highest BCUT2D eigenvalue weighted by atomic mass is 35.5. The number of hydrogen-bond acceptors (Lipinski definition) is 4. The van der Waals surface area contributed by atoms with Gasteiger partial charge in [-0.2, -0.15) is 0 Å². The van der Waals surface area contributed by atoms with E-state index in [4.69, 9.17) is 17.0 Å². The number of amides is 1. The summed E-state index contributed by atoms with van der Waals surface area (Å²) >= 11 is 7.76. The zero-order valence-electron chi connectivity index (χ0n) is 14.3. The maximum atomic E-state index is 12.3. The van der Waals surface area contributed by atoms with Gasteiger partial charge in [-0.1, -0.05) is 11.6 Å². The molecule has 0 bridgehead atoms. The van der Waals surface area contributed by atoms with Crippen LogP contribution in [-0.4, -0.2) is 28.8 Å². The first kappa shape index (κ1) is 17.0. The Morgan fingerprint density at radius 1 is 1.35 bits per heavy atom. The minimum atomic E-state index is -0.637. The van der Waals surface area contributed by atoms with Crippen molar-refractivity contribution in [1.29, 1.82) is 5.41 Å². The predicted octanol–water partition coefficient (Wildman–Crippen LogP) is 4.22. The number of benzene rings is 1. The first-order valence-corrected chi connectivity index (χ1v) is 9.40. The fourth-order valence-corrected chi connectivity index (χ4v) is 4.39. The summed E-state index contributed by atoms with van der Waals surface area (Å²) in [6.45, 7) is 1.96. The standard InChI is InChI=1S/C19H17ClN4OS/c1-19(10-16(25)24(2)18(21)23-19)13-7-12-4-6-26-17(12)14(9-13)11-3-5-22-15(20)8-11/h3-9H,10H2,1-2H3,(H2,21,23)/t19-/m0/s1. The van der Waals surface area contributed by atoms with E-state index in [1.807, 2.05) is 19.1 Å². The van der Waals surface area contributed by atoms with Crippen LogP contribution >= 0.6 is 22.9 Å². The van der Waals surface area contributed by atoms with Gasteiger partial charge in [-0.15, -0.1) is 11.3 Å². The van der Waals surface area contributed by atoms with Gasteiger partial charge < -0.3 is 5.32 Å². The lowest BCUT2D eigenvalue weighted by Crippen LogP contribution is -2.58. The summed E-state index contributed by atoms with van der Waals surface area (Å²) in [4.78, 5) is 17.7. The van der Waals surface area contributed by atoms with E-state index in [0.29, 0.717) is 5.15 Å². The zero-order valence-corrected chi connectivity index (χ0v) is 15.9. The minimum absolute atomic E-state index is 0.0739. The minimum Gasteiger partial charge on any atom is -0.346 e. The van der Waals surface area contributed by atoms with Gasteiger partial charge in [0.25, 0.3) is 0 Å². The molecule has 4 rings (SSSR count). The molecule has 2 N–H and O–H groups in total. The van der Waals surface area contributed by atoms with Crippen molar-refractivity contribution in [2.75, 3.05) is 7.05 Å². The maximum absolute atomic E-state index is 12.3. The summed E-state index contributed by atoms with van der Waals surface area (Å²) in [5, 5.41) is 14.9. The second kappa shape index (κ2) is 6.07. The lowest BCUT2D eigenvalue weighted by Gasteiger charge is -2.39. The van der Waals surface area contributed by atoms with E-state index in [9.17, 15) is 4.79 Å². The number of nitrogens with one attached hydrogen (secondary N) is 2. The number of rotatable bonds is 2. The lowest BCUT2D eigenvalue weighted by molar-refractivity contribution is -0.129. The number of hydrogen-bond donors (Lipinski definition) is 2. The highest BCUT2D eigenvalue weighted by Crippen LogP contribution is 2.39. The molecule has 2 aromatic heterocycles. The molecule has 1 atom stereocenters. The molecule has 1 aromatic carbocycles. The number of thiophene rings is 1. The van der Waals surface area contributed by atoms with Crippen LogP contribution < -0.4 is 5.32 Å². The Hall–Kier alpha value is -2.44. The molecule has 1 amide bonds. The monoisotopic (exact) mass is 384 g/mol. The molecule has 0 saturated carbocycles. The van der Waals surface area contributed by atoms with Gasteiger partial charge in [0.05, 0.1) is 12.0 Å². The maximum Gasteiger partial charge on any atom is 0.231 e. The first-order valence-electron chi connectivity index (χ1n) is 8.14. The van der Waals surface area contributed by atoms with Crippen molar-refractivity contribution in [1.82, 2.24) is 15.2 Å². The van der Waals surface area contributed by atoms with Crippen LogP contribution in [-0.2, 0) is 10.3 Å². The largest absolute Gasteiger partial charge is 0.346 e. The number of carbonyl (C=O) groups is 1. The molecule has 1 saturated heterocycles. The molecule has 132 valence electrons. The summed E-state index contributed by atoms with van der Waals surface area (Å²) in [6.07, 6.45) is 1.98. The molecule has 7 heteroatoms. The Morgan fingerprint density at radius 3 is 2.88 bits per heavy atom. The van der Waals surface area contributed by atoms with E-state index < -0.39 is 5.54 Å². The topological polar surface area (TPSA) is 69.1 Å². The summed E-state index contributed by atoms with van der Waals surface area (Å²) in [6, 6.07) is 10.0. The number of guanidine groups is 1. The highest BCUT2D eigenvalue weighted by molar-refractivity contribution is 7.17. The Bertz CT molecular complexity index is 1030. The van der Waals surface area contributed by atoms with Crippen LogP contribution in [0.2, 0.25) is 5.15 Å². The molecular formula is C19H17ClN4OS. The van der Waals surface area contributed by atoms with E-state index in [1.165, 1.54) is 4.90 Å². The normalized spacial score (nSPS) is 20.5. The zero-order chi connectivity index (χ0) is 18.5. The second-order valence-corrected chi connectivity index (χ2v) is 7.97. The summed E-state index contributed by atoms with van der Waals surface area (Å²) in [5.74, 6) is 0.0397. The quantitative estimate of drug-likeness (QED) is 0.650. The van der Waals surface area contributed by atoms with Gasteiger partial charge in [0.1, 0.15) is 5.15 Å². The Balaban J connectivity index is 1.89. The van der Waals surface area contributed by atoms with E-state index in [0.717, 1.165) is 26.8 Å². The van der Waals surface area contributed by atoms with Crippen molar-refractivity contribution in [3.05, 3.63) is 52.6 Å². The molecule has 5 nitrogen and oxygen atoms in total. The Kier molecular flexibility index (Phi) is 3.97. The molecule has 0 unspecified atom stereocenters. The fraction of sp³-hybridized carbons (Fsp3) is 0.211. The number of carbonyl (C=O) groups excluding carboxylic acids is 1. The van der Waals surface area contributed by atoms with Gasteiger partial charge >= 0.3 is 0 Å². The van der Waals surface area contributed by atoms with Crippen molar-refractivity contribution in [2.24, 2.45) is 0 Å². The van der Waals surface area contributed by atoms with E-state index in [-0.39, 0.29) is 18.3 Å². The van der Waals surface area contributed by atoms with Crippen LogP contribution in [0, 0.1) is 5.41 Å². The van der Waals surface area contributed by atoms with Crippen LogP contribution in [0.3, 0.4) is 0 Å². The summed E-state index contributed by atoms with van der Waals surface area (Å²) in [5.41, 5.74) is 2.37. The van der Waals surface area contributed by atoms with Crippen molar-refractivity contribution < 1.29 is 4.79 Å². The number of nitrogens with zero attached hydrogens (tertiary/aromatic N) is 2. The first-order chi connectivity index (χ1) is 12.4. The third kappa shape index (κ3) is 2.75. The van der Waals surface area contributed by atoms with Crippen molar-refractivity contribution in [3.8, 4) is 11.1 Å². The molecule has 26 heavy (non-hydrogen) atoms. The van der Waals surface area contributed by atoms with E-state index in [1.54, 1.807) is 24.6 Å². The highest BCUT2D eigenvalue weighted by Gasteiger charge is 2.38. The fourth-order valence-electron chi connectivity index (χ4n) is 3.29. The molecule has 1 aliphatic rings. The average Bonchev–Trinajstić information content (AvgIpc) is 3.07. The summed E-state index contributed by atoms with van der Waals surface area (Å²) < 4.78 is 1.16. The second-order valence-electron chi connectivity index (χ2n) is 6.67. The number of halogens is 1. The molecule has 3 heterocycles. The van der Waals surface area contributed by atoms with Gasteiger partial charge in [0.15, 0.2) is 5.96 Å². The summed E-state index contributed by atoms with van der Waals surface area (Å²) in [7, 11) is 1.61. The third-order valence-corrected chi connectivity index (χ3v) is 6.00. The average molecular weight is 385 g/mol. The van der Waals surface area contributed by atoms with Crippen LogP contribution in [0.4, 0.5) is 0 Å². The predicted molar refractivity (Wildman–Crippen MR) is 106 cm³/mol. The molecule has 0 spiro atoms. The molecule has 0 aliphatic carbocycles. The van der Waals surface area contributed by atoms with Crippen molar-refractivity contribution >= 4 is 44.9 Å². The van der Waals surface area contributed by atoms with Gasteiger partial charge in [0, 0.05) is 23.5 Å². The van der Waals surface area contributed by atoms with Crippen LogP contribution in [0.15, 0.2) is 41.9 Å². The van der Waals surface area contributed by atoms with Crippen LogP contribution in [0.1, 0.15) is 18.9 Å².